The summed E-state index contributed by atoms with van der Waals surface area (Å²) >= 11 is 0. The van der Waals surface area contributed by atoms with E-state index in [-0.39, 0.29) is 29.9 Å². The summed E-state index contributed by atoms with van der Waals surface area (Å²) in [4.78, 5) is 22.0. The van der Waals surface area contributed by atoms with Gasteiger partial charge in [0.1, 0.15) is 12.0 Å². The topological polar surface area (TPSA) is 63.5 Å². The monoisotopic (exact) mass is 256 g/mol. The molecule has 18 heavy (non-hydrogen) atoms. The van der Waals surface area contributed by atoms with Crippen molar-refractivity contribution in [3.05, 3.63) is 33.9 Å². The molecule has 1 aliphatic rings. The van der Waals surface area contributed by atoms with Crippen LogP contribution in [0.2, 0.25) is 0 Å². The summed E-state index contributed by atoms with van der Waals surface area (Å²) in [6.45, 7) is -0.470. The first-order valence-corrected chi connectivity index (χ1v) is 5.29. The Balaban J connectivity index is 2.39. The van der Waals surface area contributed by atoms with Gasteiger partial charge in [0.15, 0.2) is 0 Å². The van der Waals surface area contributed by atoms with E-state index in [0.717, 1.165) is 6.07 Å². The van der Waals surface area contributed by atoms with Gasteiger partial charge >= 0.3 is 0 Å². The largest absolute Gasteiger partial charge is 0.360 e. The molecule has 1 saturated heterocycles. The molecule has 1 aromatic rings. The molecule has 0 amide bonds. The Labute approximate surface area is 101 Å². The zero-order chi connectivity index (χ0) is 13.3. The second kappa shape index (κ2) is 4.32. The minimum atomic E-state index is -2.82. The third-order valence-electron chi connectivity index (χ3n) is 2.84. The lowest BCUT2D eigenvalue weighted by atomic mass is 10.2. The highest BCUT2D eigenvalue weighted by Crippen LogP contribution is 2.36. The van der Waals surface area contributed by atoms with Crippen LogP contribution in [-0.4, -0.2) is 30.2 Å². The highest BCUT2D eigenvalue weighted by atomic mass is 19.3. The number of carbonyl (C=O) groups excluding carboxylic acids is 1. The Morgan fingerprint density at radius 1 is 1.44 bits per heavy atom. The van der Waals surface area contributed by atoms with Gasteiger partial charge < -0.3 is 4.90 Å². The van der Waals surface area contributed by atoms with Gasteiger partial charge in [-0.15, -0.1) is 0 Å². The highest BCUT2D eigenvalue weighted by Gasteiger charge is 2.40. The summed E-state index contributed by atoms with van der Waals surface area (Å²) in [6, 6.07) is 3.81. The van der Waals surface area contributed by atoms with Crippen molar-refractivity contribution >= 4 is 17.7 Å². The molecule has 7 heteroatoms. The zero-order valence-electron chi connectivity index (χ0n) is 9.31. The van der Waals surface area contributed by atoms with Crippen molar-refractivity contribution in [2.45, 2.75) is 12.3 Å². The van der Waals surface area contributed by atoms with E-state index >= 15 is 0 Å². The van der Waals surface area contributed by atoms with Gasteiger partial charge in [-0.25, -0.2) is 8.78 Å². The fraction of sp³-hybridized carbons (Fsp3) is 0.364. The van der Waals surface area contributed by atoms with E-state index in [1.165, 1.54) is 17.0 Å². The molecule has 1 heterocycles. The maximum atomic E-state index is 13.1. The van der Waals surface area contributed by atoms with Crippen LogP contribution in [0.15, 0.2) is 18.2 Å². The number of nitro groups is 1. The van der Waals surface area contributed by atoms with Crippen molar-refractivity contribution < 1.29 is 18.5 Å². The summed E-state index contributed by atoms with van der Waals surface area (Å²) in [5.74, 6) is -2.82. The summed E-state index contributed by atoms with van der Waals surface area (Å²) < 4.78 is 26.2. The third kappa shape index (κ3) is 2.29. The summed E-state index contributed by atoms with van der Waals surface area (Å²) in [5.41, 5.74) is -0.0449. The van der Waals surface area contributed by atoms with Crippen LogP contribution < -0.4 is 4.90 Å². The van der Waals surface area contributed by atoms with Crippen LogP contribution >= 0.6 is 0 Å². The number of rotatable bonds is 3. The molecule has 0 unspecified atom stereocenters. The number of benzene rings is 1. The number of anilines is 1. The van der Waals surface area contributed by atoms with Gasteiger partial charge in [-0.1, -0.05) is 0 Å². The van der Waals surface area contributed by atoms with Crippen molar-refractivity contribution in [2.24, 2.45) is 0 Å². The quantitative estimate of drug-likeness (QED) is 0.472. The van der Waals surface area contributed by atoms with E-state index in [1.807, 2.05) is 0 Å². The van der Waals surface area contributed by atoms with Gasteiger partial charge in [-0.05, 0) is 12.1 Å². The third-order valence-corrected chi connectivity index (χ3v) is 2.84. The maximum Gasteiger partial charge on any atom is 0.293 e. The van der Waals surface area contributed by atoms with Crippen LogP contribution in [0, 0.1) is 10.1 Å². The standard InChI is InChI=1S/C11H10F2N2O3/c12-11(13)3-4-14(7-11)9-2-1-8(6-16)5-10(9)15(17)18/h1-2,5-6H,3-4,7H2. The lowest BCUT2D eigenvalue weighted by Crippen LogP contribution is -2.25. The van der Waals surface area contributed by atoms with Crippen molar-refractivity contribution in [2.75, 3.05) is 18.0 Å². The van der Waals surface area contributed by atoms with Crippen molar-refractivity contribution in [3.8, 4) is 0 Å². The second-order valence-electron chi connectivity index (χ2n) is 4.15. The molecule has 0 aliphatic carbocycles. The van der Waals surface area contributed by atoms with Gasteiger partial charge in [0, 0.05) is 24.6 Å². The van der Waals surface area contributed by atoms with Gasteiger partial charge in [0.25, 0.3) is 11.6 Å². The second-order valence-corrected chi connectivity index (χ2v) is 4.15. The number of halogens is 2. The molecule has 1 aromatic carbocycles. The van der Waals surface area contributed by atoms with Crippen LogP contribution in [-0.2, 0) is 0 Å². The van der Waals surface area contributed by atoms with Gasteiger partial charge in [-0.2, -0.15) is 0 Å². The fourth-order valence-corrected chi connectivity index (χ4v) is 1.97. The summed E-state index contributed by atoms with van der Waals surface area (Å²) in [5, 5.41) is 10.9. The number of nitro benzene ring substituents is 1. The van der Waals surface area contributed by atoms with Crippen molar-refractivity contribution in [1.82, 2.24) is 0 Å². The smallest absolute Gasteiger partial charge is 0.293 e. The number of hydrogen-bond donors (Lipinski definition) is 0. The predicted molar refractivity (Wildman–Crippen MR) is 60.3 cm³/mol. The number of nitrogens with zero attached hydrogens (tertiary/aromatic N) is 2. The average molecular weight is 256 g/mol. The Morgan fingerprint density at radius 2 is 2.17 bits per heavy atom. The van der Waals surface area contributed by atoms with Crippen LogP contribution in [0.3, 0.4) is 0 Å². The summed E-state index contributed by atoms with van der Waals surface area (Å²) in [6.07, 6.45) is 0.162. The average Bonchev–Trinajstić information content (AvgIpc) is 2.68. The molecule has 0 radical (unpaired) electrons. The van der Waals surface area contributed by atoms with E-state index in [0.29, 0.717) is 6.29 Å². The van der Waals surface area contributed by atoms with E-state index < -0.39 is 17.4 Å². The SMILES string of the molecule is O=Cc1ccc(N2CCC(F)(F)C2)c([N+](=O)[O-])c1. The number of alkyl halides is 2. The van der Waals surface area contributed by atoms with E-state index in [1.54, 1.807) is 0 Å². The van der Waals surface area contributed by atoms with Crippen LogP contribution in [0.25, 0.3) is 0 Å². The van der Waals surface area contributed by atoms with Gasteiger partial charge in [-0.3, -0.25) is 14.9 Å². The molecule has 1 aliphatic heterocycles. The Hall–Kier alpha value is -2.05. The molecular formula is C11H10F2N2O3. The Bertz CT molecular complexity index is 505. The molecule has 0 aromatic heterocycles. The predicted octanol–water partition coefficient (Wildman–Crippen LogP) is 2.25. The number of hydrogen-bond acceptors (Lipinski definition) is 4. The lowest BCUT2D eigenvalue weighted by molar-refractivity contribution is -0.384. The first-order valence-electron chi connectivity index (χ1n) is 5.29. The van der Waals surface area contributed by atoms with Crippen molar-refractivity contribution in [1.29, 1.82) is 0 Å². The van der Waals surface area contributed by atoms with Gasteiger partial charge in [0.2, 0.25) is 0 Å². The van der Waals surface area contributed by atoms with Gasteiger partial charge in [0.05, 0.1) is 11.5 Å². The van der Waals surface area contributed by atoms with E-state index in [9.17, 15) is 23.7 Å². The fourth-order valence-electron chi connectivity index (χ4n) is 1.97. The molecule has 1 fully saturated rings. The molecule has 0 spiro atoms. The first-order chi connectivity index (χ1) is 8.43. The Kier molecular flexibility index (Phi) is 2.98. The minimum Gasteiger partial charge on any atom is -0.360 e. The zero-order valence-corrected chi connectivity index (χ0v) is 9.31. The van der Waals surface area contributed by atoms with E-state index in [4.69, 9.17) is 0 Å². The molecule has 96 valence electrons. The molecule has 0 N–H and O–H groups in total. The minimum absolute atomic E-state index is 0.0638. The molecule has 5 nitrogen and oxygen atoms in total. The molecule has 0 saturated carbocycles. The summed E-state index contributed by atoms with van der Waals surface area (Å²) in [7, 11) is 0. The van der Waals surface area contributed by atoms with Crippen LogP contribution in [0.5, 0.6) is 0 Å². The van der Waals surface area contributed by atoms with Crippen LogP contribution in [0.4, 0.5) is 20.2 Å². The lowest BCUT2D eigenvalue weighted by Gasteiger charge is -2.18. The highest BCUT2D eigenvalue weighted by molar-refractivity contribution is 5.79. The molecule has 2 rings (SSSR count). The first kappa shape index (κ1) is 12.4. The normalized spacial score (nSPS) is 17.8. The number of carbonyl (C=O) groups is 1. The molecule has 0 bridgehead atoms. The van der Waals surface area contributed by atoms with Crippen LogP contribution in [0.1, 0.15) is 16.8 Å². The van der Waals surface area contributed by atoms with E-state index in [2.05, 4.69) is 0 Å². The Morgan fingerprint density at radius 3 is 2.67 bits per heavy atom. The molecular weight excluding hydrogens is 246 g/mol. The molecule has 0 atom stereocenters. The number of aldehydes is 1. The van der Waals surface area contributed by atoms with Crippen molar-refractivity contribution in [3.63, 3.8) is 0 Å². The maximum absolute atomic E-state index is 13.1.